The van der Waals surface area contributed by atoms with Crippen molar-refractivity contribution >= 4 is 16.8 Å². The van der Waals surface area contributed by atoms with Gasteiger partial charge in [-0.3, -0.25) is 9.78 Å². The van der Waals surface area contributed by atoms with E-state index in [1.807, 2.05) is 37.3 Å². The Morgan fingerprint density at radius 2 is 1.66 bits per heavy atom. The number of nitrogens with one attached hydrogen (secondary N) is 2. The average molecular weight is 518 g/mol. The third-order valence-electron chi connectivity index (χ3n) is 6.72. The maximum Gasteiger partial charge on any atom is 0.253 e. The van der Waals surface area contributed by atoms with Gasteiger partial charge in [0, 0.05) is 24.5 Å². The fourth-order valence-corrected chi connectivity index (χ4v) is 4.65. The fraction of sp³-hybridized carbons (Fsp3) is 0.290. The maximum atomic E-state index is 13.9. The molecule has 0 aliphatic carbocycles. The summed E-state index contributed by atoms with van der Waals surface area (Å²) in [6.45, 7) is 6.53. The zero-order chi connectivity index (χ0) is 27.2. The van der Waals surface area contributed by atoms with Crippen molar-refractivity contribution in [3.8, 4) is 0 Å². The lowest BCUT2D eigenvalue weighted by molar-refractivity contribution is 0.0829. The molecule has 1 aromatic heterocycles. The molecule has 3 N–H and O–H groups in total. The number of carbonyl (C=O) groups is 1. The molecule has 0 bridgehead atoms. The van der Waals surface area contributed by atoms with Crippen LogP contribution in [0.25, 0.3) is 10.9 Å². The summed E-state index contributed by atoms with van der Waals surface area (Å²) < 4.78 is 27.8. The molecule has 0 aliphatic rings. The van der Waals surface area contributed by atoms with E-state index in [0.717, 1.165) is 34.5 Å². The standard InChI is InChI=1S/C31H33F2N3O2/c1-4-21-8-6-9-22(11-21)17-34-18-29(37)28(14-23-12-25(32)16-26(33)13-23)36-31(38)27-15-24-10-5-7-19(2)30(24)35-20(27)3/h5-13,15-16,28-29,34,37H,4,14,17-18H2,1-3H3,(H,36,38). The van der Waals surface area contributed by atoms with Crippen LogP contribution < -0.4 is 10.6 Å². The smallest absolute Gasteiger partial charge is 0.253 e. The van der Waals surface area contributed by atoms with Crippen LogP contribution in [0.4, 0.5) is 8.78 Å². The van der Waals surface area contributed by atoms with Gasteiger partial charge in [0.2, 0.25) is 0 Å². The van der Waals surface area contributed by atoms with Crippen LogP contribution in [0.2, 0.25) is 0 Å². The van der Waals surface area contributed by atoms with E-state index in [9.17, 15) is 18.7 Å². The highest BCUT2D eigenvalue weighted by atomic mass is 19.1. The molecule has 0 radical (unpaired) electrons. The Hall–Kier alpha value is -3.68. The summed E-state index contributed by atoms with van der Waals surface area (Å²) in [5.41, 5.74) is 5.42. The minimum atomic E-state index is -1.02. The molecule has 0 fully saturated rings. The van der Waals surface area contributed by atoms with E-state index >= 15 is 0 Å². The largest absolute Gasteiger partial charge is 0.390 e. The number of halogens is 2. The molecule has 0 spiro atoms. The van der Waals surface area contributed by atoms with Crippen LogP contribution in [0.15, 0.2) is 66.7 Å². The number of para-hydroxylation sites is 1. The van der Waals surface area contributed by atoms with Gasteiger partial charge in [-0.05, 0) is 67.1 Å². The van der Waals surface area contributed by atoms with E-state index in [-0.39, 0.29) is 13.0 Å². The molecule has 7 heteroatoms. The van der Waals surface area contributed by atoms with Gasteiger partial charge in [0.1, 0.15) is 11.6 Å². The van der Waals surface area contributed by atoms with Crippen LogP contribution >= 0.6 is 0 Å². The molecular formula is C31H33F2N3O2. The molecule has 4 rings (SSSR count). The van der Waals surface area contributed by atoms with Gasteiger partial charge in [-0.25, -0.2) is 8.78 Å². The lowest BCUT2D eigenvalue weighted by atomic mass is 9.99. The predicted octanol–water partition coefficient (Wildman–Crippen LogP) is 5.18. The minimum absolute atomic E-state index is 0.0494. The zero-order valence-corrected chi connectivity index (χ0v) is 21.9. The van der Waals surface area contributed by atoms with Crippen molar-refractivity contribution in [3.05, 3.63) is 112 Å². The number of rotatable bonds is 10. The van der Waals surface area contributed by atoms with Gasteiger partial charge < -0.3 is 15.7 Å². The van der Waals surface area contributed by atoms with Crippen LogP contribution in [0.5, 0.6) is 0 Å². The Kier molecular flexibility index (Phi) is 8.81. The summed E-state index contributed by atoms with van der Waals surface area (Å²) >= 11 is 0. The summed E-state index contributed by atoms with van der Waals surface area (Å²) in [6, 6.07) is 18.1. The Bertz CT molecular complexity index is 1420. The monoisotopic (exact) mass is 517 g/mol. The number of aliphatic hydroxyl groups is 1. The molecule has 198 valence electrons. The van der Waals surface area contributed by atoms with E-state index in [0.29, 0.717) is 23.4 Å². The van der Waals surface area contributed by atoms with Crippen LogP contribution in [0, 0.1) is 25.5 Å². The van der Waals surface area contributed by atoms with Gasteiger partial charge in [0.25, 0.3) is 5.91 Å². The number of carbonyl (C=O) groups excluding carboxylic acids is 1. The van der Waals surface area contributed by atoms with Crippen molar-refractivity contribution in [2.24, 2.45) is 0 Å². The SMILES string of the molecule is CCc1cccc(CNCC(O)C(Cc2cc(F)cc(F)c2)NC(=O)c2cc3cccc(C)c3nc2C)c1. The molecule has 0 saturated heterocycles. The Morgan fingerprint density at radius 1 is 0.947 bits per heavy atom. The van der Waals surface area contributed by atoms with Crippen molar-refractivity contribution < 1.29 is 18.7 Å². The van der Waals surface area contributed by atoms with Gasteiger partial charge in [0.15, 0.2) is 0 Å². The summed E-state index contributed by atoms with van der Waals surface area (Å²) in [5.74, 6) is -1.83. The van der Waals surface area contributed by atoms with Crippen molar-refractivity contribution in [1.82, 2.24) is 15.6 Å². The second kappa shape index (κ2) is 12.2. The highest BCUT2D eigenvalue weighted by molar-refractivity contribution is 5.99. The number of pyridine rings is 1. The first-order chi connectivity index (χ1) is 18.2. The number of hydrogen-bond acceptors (Lipinski definition) is 4. The molecule has 2 unspecified atom stereocenters. The second-order valence-corrected chi connectivity index (χ2v) is 9.70. The van der Waals surface area contributed by atoms with Gasteiger partial charge >= 0.3 is 0 Å². The number of nitrogens with zero attached hydrogens (tertiary/aromatic N) is 1. The van der Waals surface area contributed by atoms with Crippen LogP contribution in [0.1, 0.15) is 45.2 Å². The molecule has 38 heavy (non-hydrogen) atoms. The van der Waals surface area contributed by atoms with Crippen molar-refractivity contribution in [1.29, 1.82) is 0 Å². The van der Waals surface area contributed by atoms with Crippen molar-refractivity contribution in [2.45, 2.75) is 52.3 Å². The van der Waals surface area contributed by atoms with E-state index < -0.39 is 29.7 Å². The molecule has 2 atom stereocenters. The minimum Gasteiger partial charge on any atom is -0.390 e. The topological polar surface area (TPSA) is 74.2 Å². The van der Waals surface area contributed by atoms with Crippen molar-refractivity contribution in [2.75, 3.05) is 6.54 Å². The fourth-order valence-electron chi connectivity index (χ4n) is 4.65. The van der Waals surface area contributed by atoms with Crippen LogP contribution in [-0.4, -0.2) is 34.7 Å². The number of aliphatic hydroxyl groups excluding tert-OH is 1. The van der Waals surface area contributed by atoms with Gasteiger partial charge in [-0.15, -0.1) is 0 Å². The Morgan fingerprint density at radius 3 is 2.39 bits per heavy atom. The summed E-state index contributed by atoms with van der Waals surface area (Å²) in [5, 5.41) is 18.0. The third kappa shape index (κ3) is 6.79. The molecule has 0 saturated carbocycles. The quantitative estimate of drug-likeness (QED) is 0.271. The van der Waals surface area contributed by atoms with Crippen LogP contribution in [0.3, 0.4) is 0 Å². The van der Waals surface area contributed by atoms with Gasteiger partial charge in [0.05, 0.1) is 28.9 Å². The van der Waals surface area contributed by atoms with E-state index in [1.54, 1.807) is 13.0 Å². The third-order valence-corrected chi connectivity index (χ3v) is 6.72. The zero-order valence-electron chi connectivity index (χ0n) is 21.9. The molecule has 4 aromatic rings. The Balaban J connectivity index is 1.53. The lowest BCUT2D eigenvalue weighted by Crippen LogP contribution is -2.48. The number of hydrogen-bond donors (Lipinski definition) is 3. The predicted molar refractivity (Wildman–Crippen MR) is 146 cm³/mol. The normalized spacial score (nSPS) is 12.9. The number of aromatic nitrogens is 1. The average Bonchev–Trinajstić information content (AvgIpc) is 2.88. The number of benzene rings is 3. The highest BCUT2D eigenvalue weighted by Crippen LogP contribution is 2.20. The van der Waals surface area contributed by atoms with Crippen LogP contribution in [-0.2, 0) is 19.4 Å². The van der Waals surface area contributed by atoms with E-state index in [4.69, 9.17) is 0 Å². The summed E-state index contributed by atoms with van der Waals surface area (Å²) in [7, 11) is 0. The first kappa shape index (κ1) is 27.4. The highest BCUT2D eigenvalue weighted by Gasteiger charge is 2.24. The first-order valence-electron chi connectivity index (χ1n) is 12.8. The second-order valence-electron chi connectivity index (χ2n) is 9.70. The number of aryl methyl sites for hydroxylation is 3. The molecule has 3 aromatic carbocycles. The van der Waals surface area contributed by atoms with Gasteiger partial charge in [-0.1, -0.05) is 49.4 Å². The molecular weight excluding hydrogens is 484 g/mol. The van der Waals surface area contributed by atoms with E-state index in [1.165, 1.54) is 17.7 Å². The Labute approximate surface area is 221 Å². The van der Waals surface area contributed by atoms with Crippen molar-refractivity contribution in [3.63, 3.8) is 0 Å². The molecule has 1 amide bonds. The number of fused-ring (bicyclic) bond motifs is 1. The number of amides is 1. The lowest BCUT2D eigenvalue weighted by Gasteiger charge is -2.25. The molecule has 1 heterocycles. The first-order valence-corrected chi connectivity index (χ1v) is 12.8. The summed E-state index contributed by atoms with van der Waals surface area (Å²) in [6.07, 6.45) is -0.0406. The molecule has 5 nitrogen and oxygen atoms in total. The molecule has 0 aliphatic heterocycles. The maximum absolute atomic E-state index is 13.9. The van der Waals surface area contributed by atoms with E-state index in [2.05, 4.69) is 34.7 Å². The summed E-state index contributed by atoms with van der Waals surface area (Å²) in [4.78, 5) is 18.0. The van der Waals surface area contributed by atoms with Gasteiger partial charge in [-0.2, -0.15) is 0 Å².